The van der Waals surface area contributed by atoms with E-state index in [1.807, 2.05) is 25.2 Å². The molecule has 0 fully saturated rings. The second-order valence-corrected chi connectivity index (χ2v) is 10.3. The Morgan fingerprint density at radius 3 is 2.64 bits per heavy atom. The van der Waals surface area contributed by atoms with Crippen molar-refractivity contribution < 1.29 is 13.2 Å². The van der Waals surface area contributed by atoms with Crippen molar-refractivity contribution in [3.63, 3.8) is 0 Å². The number of fused-ring (bicyclic) bond motifs is 1. The molecule has 1 aliphatic rings. The Morgan fingerprint density at radius 1 is 1.25 bits per heavy atom. The van der Waals surface area contributed by atoms with Crippen LogP contribution in [-0.4, -0.2) is 56.3 Å². The minimum atomic E-state index is -3.54. The summed E-state index contributed by atoms with van der Waals surface area (Å²) >= 11 is 1.82. The Morgan fingerprint density at radius 2 is 1.96 bits per heavy atom. The Kier molecular flexibility index (Phi) is 6.54. The molecule has 1 amide bonds. The zero-order chi connectivity index (χ0) is 20.3. The average molecular weight is 422 g/mol. The molecule has 8 heteroatoms. The molecule has 28 heavy (non-hydrogen) atoms. The van der Waals surface area contributed by atoms with Crippen LogP contribution in [0, 0.1) is 0 Å². The van der Waals surface area contributed by atoms with Gasteiger partial charge >= 0.3 is 0 Å². The van der Waals surface area contributed by atoms with E-state index >= 15 is 0 Å². The van der Waals surface area contributed by atoms with Gasteiger partial charge in [-0.15, -0.1) is 11.3 Å². The summed E-state index contributed by atoms with van der Waals surface area (Å²) < 4.78 is 26.3. The van der Waals surface area contributed by atoms with Gasteiger partial charge in [-0.05, 0) is 61.5 Å². The maximum Gasteiger partial charge on any atom is 0.251 e. The maximum atomic E-state index is 12.5. The van der Waals surface area contributed by atoms with E-state index in [0.29, 0.717) is 12.1 Å². The predicted octanol–water partition coefficient (Wildman–Crippen LogP) is 2.57. The van der Waals surface area contributed by atoms with Crippen molar-refractivity contribution >= 4 is 27.3 Å². The molecule has 0 saturated carbocycles. The van der Waals surface area contributed by atoms with E-state index in [9.17, 15) is 13.2 Å². The molecule has 152 valence electrons. The van der Waals surface area contributed by atoms with Crippen LogP contribution in [0.2, 0.25) is 0 Å². The van der Waals surface area contributed by atoms with Gasteiger partial charge in [0.15, 0.2) is 0 Å². The number of hydrogen-bond acceptors (Lipinski definition) is 5. The monoisotopic (exact) mass is 421 g/mol. The lowest BCUT2D eigenvalue weighted by atomic mass is 10.1. The van der Waals surface area contributed by atoms with Gasteiger partial charge in [0.2, 0.25) is 10.0 Å². The van der Waals surface area contributed by atoms with E-state index in [1.165, 1.54) is 26.9 Å². The molecular weight excluding hydrogens is 394 g/mol. The highest BCUT2D eigenvalue weighted by Crippen LogP contribution is 2.23. The first-order chi connectivity index (χ1) is 13.3. The number of nitrogens with one attached hydrogen (secondary N) is 1. The SMILES string of the molecule is CC(C)N(C)S(=O)(=O)c1ccc(C(=O)NCCN2CCc3sccc3C2)cc1. The van der Waals surface area contributed by atoms with Crippen molar-refractivity contribution in [2.24, 2.45) is 0 Å². The molecule has 3 rings (SSSR count). The van der Waals surface area contributed by atoms with Crippen LogP contribution in [-0.2, 0) is 23.0 Å². The van der Waals surface area contributed by atoms with Crippen LogP contribution in [0.15, 0.2) is 40.6 Å². The summed E-state index contributed by atoms with van der Waals surface area (Å²) in [7, 11) is -1.98. The third-order valence-corrected chi connectivity index (χ3v) is 8.19. The number of carbonyl (C=O) groups is 1. The lowest BCUT2D eigenvalue weighted by molar-refractivity contribution is 0.0947. The van der Waals surface area contributed by atoms with Crippen LogP contribution >= 0.6 is 11.3 Å². The van der Waals surface area contributed by atoms with Gasteiger partial charge in [0.25, 0.3) is 5.91 Å². The smallest absolute Gasteiger partial charge is 0.251 e. The number of hydrogen-bond donors (Lipinski definition) is 1. The number of benzene rings is 1. The van der Waals surface area contributed by atoms with Crippen molar-refractivity contribution in [3.8, 4) is 0 Å². The zero-order valence-electron chi connectivity index (χ0n) is 16.5. The van der Waals surface area contributed by atoms with Crippen molar-refractivity contribution in [2.75, 3.05) is 26.7 Å². The largest absolute Gasteiger partial charge is 0.351 e. The highest BCUT2D eigenvalue weighted by molar-refractivity contribution is 7.89. The summed E-state index contributed by atoms with van der Waals surface area (Å²) in [6.07, 6.45) is 1.07. The molecule has 1 aliphatic heterocycles. The highest BCUT2D eigenvalue weighted by Gasteiger charge is 2.23. The van der Waals surface area contributed by atoms with Crippen molar-refractivity contribution in [2.45, 2.75) is 37.8 Å². The lowest BCUT2D eigenvalue weighted by Crippen LogP contribution is -2.37. The summed E-state index contributed by atoms with van der Waals surface area (Å²) in [6.45, 7) is 6.95. The van der Waals surface area contributed by atoms with Crippen LogP contribution in [0.25, 0.3) is 0 Å². The summed E-state index contributed by atoms with van der Waals surface area (Å²) in [5, 5.41) is 5.06. The Bertz CT molecular complexity index is 920. The van der Waals surface area contributed by atoms with E-state index in [-0.39, 0.29) is 16.8 Å². The molecule has 2 aromatic rings. The molecule has 1 aromatic heterocycles. The first-order valence-electron chi connectivity index (χ1n) is 9.43. The maximum absolute atomic E-state index is 12.5. The summed E-state index contributed by atoms with van der Waals surface area (Å²) in [5.74, 6) is -0.186. The van der Waals surface area contributed by atoms with Gasteiger partial charge in [-0.3, -0.25) is 9.69 Å². The topological polar surface area (TPSA) is 69.7 Å². The Hall–Kier alpha value is -1.74. The molecule has 1 N–H and O–H groups in total. The second kappa shape index (κ2) is 8.73. The van der Waals surface area contributed by atoms with E-state index in [0.717, 1.165) is 26.1 Å². The molecule has 2 heterocycles. The first kappa shape index (κ1) is 21.0. The van der Waals surface area contributed by atoms with Gasteiger partial charge in [-0.1, -0.05) is 0 Å². The van der Waals surface area contributed by atoms with E-state index < -0.39 is 10.0 Å². The lowest BCUT2D eigenvalue weighted by Gasteiger charge is -2.26. The number of carbonyl (C=O) groups excluding carboxylic acids is 1. The fraction of sp³-hybridized carbons (Fsp3) is 0.450. The molecule has 6 nitrogen and oxygen atoms in total. The highest BCUT2D eigenvalue weighted by atomic mass is 32.2. The van der Waals surface area contributed by atoms with Gasteiger partial charge in [0.1, 0.15) is 0 Å². The van der Waals surface area contributed by atoms with E-state index in [4.69, 9.17) is 0 Å². The van der Waals surface area contributed by atoms with Gasteiger partial charge in [0, 0.05) is 49.7 Å². The zero-order valence-corrected chi connectivity index (χ0v) is 18.1. The molecule has 1 aromatic carbocycles. The van der Waals surface area contributed by atoms with Crippen molar-refractivity contribution in [1.29, 1.82) is 0 Å². The normalized spacial score (nSPS) is 15.0. The number of amides is 1. The second-order valence-electron chi connectivity index (χ2n) is 7.29. The van der Waals surface area contributed by atoms with Crippen molar-refractivity contribution in [1.82, 2.24) is 14.5 Å². The standard InChI is InChI=1S/C20H27N3O3S2/c1-15(2)22(3)28(25,26)18-6-4-16(5-7-18)20(24)21-10-12-23-11-8-19-17(14-23)9-13-27-19/h4-7,9,13,15H,8,10-12,14H2,1-3H3,(H,21,24). The third-order valence-electron chi connectivity index (χ3n) is 5.12. The fourth-order valence-electron chi connectivity index (χ4n) is 3.15. The predicted molar refractivity (Wildman–Crippen MR) is 112 cm³/mol. The molecule has 0 spiro atoms. The van der Waals surface area contributed by atoms with Gasteiger partial charge in [-0.2, -0.15) is 4.31 Å². The summed E-state index contributed by atoms with van der Waals surface area (Å²) in [4.78, 5) is 16.4. The fourth-order valence-corrected chi connectivity index (χ4v) is 5.41. The van der Waals surface area contributed by atoms with E-state index in [2.05, 4.69) is 21.7 Å². The summed E-state index contributed by atoms with van der Waals surface area (Å²) in [6, 6.07) is 8.16. The average Bonchev–Trinajstić information content (AvgIpc) is 3.15. The Labute approximate surface area is 171 Å². The molecule has 0 saturated heterocycles. The summed E-state index contributed by atoms with van der Waals surface area (Å²) in [5.41, 5.74) is 1.86. The van der Waals surface area contributed by atoms with Crippen LogP contribution < -0.4 is 5.32 Å². The molecular formula is C20H27N3O3S2. The molecule has 0 bridgehead atoms. The molecule has 0 aliphatic carbocycles. The Balaban J connectivity index is 1.52. The van der Waals surface area contributed by atoms with Crippen molar-refractivity contribution in [3.05, 3.63) is 51.7 Å². The van der Waals surface area contributed by atoms with Crippen LogP contribution in [0.3, 0.4) is 0 Å². The van der Waals surface area contributed by atoms with Gasteiger partial charge in [0.05, 0.1) is 4.90 Å². The number of nitrogens with zero attached hydrogens (tertiary/aromatic N) is 2. The van der Waals surface area contributed by atoms with Crippen LogP contribution in [0.1, 0.15) is 34.6 Å². The van der Waals surface area contributed by atoms with Crippen LogP contribution in [0.4, 0.5) is 0 Å². The number of rotatable bonds is 7. The molecule has 0 radical (unpaired) electrons. The minimum absolute atomic E-state index is 0.132. The van der Waals surface area contributed by atoms with Gasteiger partial charge < -0.3 is 5.32 Å². The molecule has 0 unspecified atom stereocenters. The van der Waals surface area contributed by atoms with E-state index in [1.54, 1.807) is 19.2 Å². The quantitative estimate of drug-likeness (QED) is 0.746. The van der Waals surface area contributed by atoms with Crippen LogP contribution in [0.5, 0.6) is 0 Å². The minimum Gasteiger partial charge on any atom is -0.351 e. The number of sulfonamides is 1. The number of thiophene rings is 1. The first-order valence-corrected chi connectivity index (χ1v) is 11.7. The van der Waals surface area contributed by atoms with Gasteiger partial charge in [-0.25, -0.2) is 8.42 Å². The third kappa shape index (κ3) is 4.63. The molecule has 0 atom stereocenters.